The van der Waals surface area contributed by atoms with Gasteiger partial charge in [-0.2, -0.15) is 0 Å². The molecule has 0 fully saturated rings. The first-order chi connectivity index (χ1) is 10.7. The van der Waals surface area contributed by atoms with Gasteiger partial charge in [-0.15, -0.1) is 0 Å². The Morgan fingerprint density at radius 2 is 1.74 bits per heavy atom. The monoisotopic (exact) mass is 320 g/mol. The maximum absolute atomic E-state index is 12.1. The predicted octanol–water partition coefficient (Wildman–Crippen LogP) is 1.95. The van der Waals surface area contributed by atoms with Crippen LogP contribution >= 0.6 is 0 Å². The summed E-state index contributed by atoms with van der Waals surface area (Å²) in [6, 6.07) is 5.56. The van der Waals surface area contributed by atoms with Crippen molar-refractivity contribution >= 4 is 11.8 Å². The van der Waals surface area contributed by atoms with Crippen molar-refractivity contribution in [2.45, 2.75) is 46.6 Å². The van der Waals surface area contributed by atoms with Gasteiger partial charge in [0.05, 0.1) is 12.1 Å². The molecule has 1 aromatic rings. The normalized spacial score (nSPS) is 14.7. The topological polar surface area (TPSA) is 78.4 Å². The Kier molecular flexibility index (Phi) is 6.76. The molecule has 5 heteroatoms. The molecule has 0 saturated carbocycles. The van der Waals surface area contributed by atoms with Gasteiger partial charge in [0.15, 0.2) is 0 Å². The fourth-order valence-electron chi connectivity index (χ4n) is 2.32. The van der Waals surface area contributed by atoms with Crippen LogP contribution in [0.15, 0.2) is 18.2 Å². The van der Waals surface area contributed by atoms with E-state index in [1.807, 2.05) is 33.8 Å². The molecule has 0 aromatic heterocycles. The van der Waals surface area contributed by atoms with Crippen molar-refractivity contribution < 1.29 is 14.7 Å². The average Bonchev–Trinajstić information content (AvgIpc) is 2.48. The first-order valence-electron chi connectivity index (χ1n) is 8.01. The second-order valence-corrected chi connectivity index (χ2v) is 6.50. The number of aliphatic hydroxyl groups is 1. The average molecular weight is 320 g/mol. The summed E-state index contributed by atoms with van der Waals surface area (Å²) in [6.07, 6.45) is 0.826. The minimum atomic E-state index is -0.956. The van der Waals surface area contributed by atoms with Crippen LogP contribution in [0.5, 0.6) is 0 Å². The summed E-state index contributed by atoms with van der Waals surface area (Å²) in [7, 11) is 0. The van der Waals surface area contributed by atoms with Crippen molar-refractivity contribution in [1.82, 2.24) is 10.6 Å². The fraction of sp³-hybridized carbons (Fsp3) is 0.556. The maximum Gasteiger partial charge on any atom is 0.251 e. The molecule has 128 valence electrons. The number of hydrogen-bond donors (Lipinski definition) is 3. The lowest BCUT2D eigenvalue weighted by Gasteiger charge is -2.29. The SMILES string of the molecule is CCC(C)C(C)(O)CNC(=O)CNC(=O)c1cc(C)cc(C)c1. The Balaban J connectivity index is 2.48. The number of nitrogens with one attached hydrogen (secondary N) is 2. The van der Waals surface area contributed by atoms with Gasteiger partial charge in [-0.1, -0.05) is 37.5 Å². The number of rotatable bonds is 7. The van der Waals surface area contributed by atoms with E-state index < -0.39 is 5.60 Å². The zero-order chi connectivity index (χ0) is 17.6. The Morgan fingerprint density at radius 3 is 2.26 bits per heavy atom. The molecular weight excluding hydrogens is 292 g/mol. The molecule has 23 heavy (non-hydrogen) atoms. The molecule has 5 nitrogen and oxygen atoms in total. The van der Waals surface area contributed by atoms with E-state index in [-0.39, 0.29) is 30.8 Å². The zero-order valence-electron chi connectivity index (χ0n) is 14.7. The van der Waals surface area contributed by atoms with E-state index in [4.69, 9.17) is 0 Å². The fourth-order valence-corrected chi connectivity index (χ4v) is 2.32. The van der Waals surface area contributed by atoms with Crippen molar-refractivity contribution in [3.63, 3.8) is 0 Å². The molecule has 1 rings (SSSR count). The molecule has 0 spiro atoms. The molecular formula is C18H28N2O3. The molecule has 3 N–H and O–H groups in total. The summed E-state index contributed by atoms with van der Waals surface area (Å²) in [6.45, 7) is 9.54. The minimum Gasteiger partial charge on any atom is -0.388 e. The Labute approximate surface area is 138 Å². The highest BCUT2D eigenvalue weighted by molar-refractivity contribution is 5.96. The Morgan fingerprint density at radius 1 is 1.17 bits per heavy atom. The molecule has 2 amide bonds. The molecule has 0 aliphatic rings. The van der Waals surface area contributed by atoms with Gasteiger partial charge < -0.3 is 15.7 Å². The highest BCUT2D eigenvalue weighted by atomic mass is 16.3. The smallest absolute Gasteiger partial charge is 0.251 e. The summed E-state index contributed by atoms with van der Waals surface area (Å²) in [4.78, 5) is 23.9. The minimum absolute atomic E-state index is 0.0765. The van der Waals surface area contributed by atoms with Crippen molar-refractivity contribution in [2.75, 3.05) is 13.1 Å². The highest BCUT2D eigenvalue weighted by Crippen LogP contribution is 2.18. The van der Waals surface area contributed by atoms with Gasteiger partial charge in [-0.25, -0.2) is 0 Å². The summed E-state index contributed by atoms with van der Waals surface area (Å²) in [5.41, 5.74) is 1.59. The van der Waals surface area contributed by atoms with E-state index >= 15 is 0 Å². The van der Waals surface area contributed by atoms with Gasteiger partial charge >= 0.3 is 0 Å². The largest absolute Gasteiger partial charge is 0.388 e. The third-order valence-electron chi connectivity index (χ3n) is 4.21. The number of amides is 2. The van der Waals surface area contributed by atoms with Crippen LogP contribution in [0.2, 0.25) is 0 Å². The van der Waals surface area contributed by atoms with Crippen LogP contribution in [0.4, 0.5) is 0 Å². The second kappa shape index (κ2) is 8.11. The van der Waals surface area contributed by atoms with Crippen molar-refractivity contribution in [1.29, 1.82) is 0 Å². The Hall–Kier alpha value is -1.88. The second-order valence-electron chi connectivity index (χ2n) is 6.50. The van der Waals surface area contributed by atoms with Gasteiger partial charge in [-0.05, 0) is 38.8 Å². The van der Waals surface area contributed by atoms with E-state index in [0.29, 0.717) is 5.56 Å². The third-order valence-corrected chi connectivity index (χ3v) is 4.21. The van der Waals surface area contributed by atoms with Crippen molar-refractivity contribution in [2.24, 2.45) is 5.92 Å². The van der Waals surface area contributed by atoms with Crippen LogP contribution in [0.25, 0.3) is 0 Å². The van der Waals surface area contributed by atoms with E-state index in [2.05, 4.69) is 10.6 Å². The standard InChI is InChI=1S/C18H28N2O3/c1-6-14(4)18(5,23)11-20-16(21)10-19-17(22)15-8-12(2)7-13(3)9-15/h7-9,14,23H,6,10-11H2,1-5H3,(H,19,22)(H,20,21). The zero-order valence-corrected chi connectivity index (χ0v) is 14.7. The lowest BCUT2D eigenvalue weighted by Crippen LogP contribution is -2.47. The van der Waals surface area contributed by atoms with Crippen LogP contribution in [0.1, 0.15) is 48.7 Å². The van der Waals surface area contributed by atoms with Crippen LogP contribution in [0, 0.1) is 19.8 Å². The van der Waals surface area contributed by atoms with Gasteiger partial charge in [0.1, 0.15) is 0 Å². The van der Waals surface area contributed by atoms with Gasteiger partial charge in [0.25, 0.3) is 5.91 Å². The van der Waals surface area contributed by atoms with E-state index in [9.17, 15) is 14.7 Å². The lowest BCUT2D eigenvalue weighted by molar-refractivity contribution is -0.121. The summed E-state index contributed by atoms with van der Waals surface area (Å²) in [5.74, 6) is -0.514. The number of hydrogen-bond acceptors (Lipinski definition) is 3. The number of carbonyl (C=O) groups excluding carboxylic acids is 2. The molecule has 2 unspecified atom stereocenters. The van der Waals surface area contributed by atoms with E-state index in [1.54, 1.807) is 19.1 Å². The third kappa shape index (κ3) is 6.02. The molecule has 0 bridgehead atoms. The number of aryl methyl sites for hydroxylation is 2. The van der Waals surface area contributed by atoms with Crippen LogP contribution < -0.4 is 10.6 Å². The molecule has 0 heterocycles. The maximum atomic E-state index is 12.1. The lowest BCUT2D eigenvalue weighted by atomic mass is 9.89. The van der Waals surface area contributed by atoms with Crippen LogP contribution in [0.3, 0.4) is 0 Å². The van der Waals surface area contributed by atoms with E-state index in [0.717, 1.165) is 17.5 Å². The predicted molar refractivity (Wildman–Crippen MR) is 91.3 cm³/mol. The molecule has 1 aromatic carbocycles. The molecule has 2 atom stereocenters. The number of benzene rings is 1. The summed E-state index contributed by atoms with van der Waals surface area (Å²) < 4.78 is 0. The first kappa shape index (κ1) is 19.2. The van der Waals surface area contributed by atoms with Crippen molar-refractivity contribution in [3.8, 4) is 0 Å². The van der Waals surface area contributed by atoms with Gasteiger partial charge in [-0.3, -0.25) is 9.59 Å². The Bertz CT molecular complexity index is 547. The van der Waals surface area contributed by atoms with Crippen molar-refractivity contribution in [3.05, 3.63) is 34.9 Å². The number of carbonyl (C=O) groups is 2. The first-order valence-corrected chi connectivity index (χ1v) is 8.01. The van der Waals surface area contributed by atoms with Gasteiger partial charge in [0, 0.05) is 12.1 Å². The highest BCUT2D eigenvalue weighted by Gasteiger charge is 2.27. The van der Waals surface area contributed by atoms with Crippen LogP contribution in [-0.4, -0.2) is 35.6 Å². The summed E-state index contributed by atoms with van der Waals surface area (Å²) in [5, 5.41) is 15.5. The molecule has 0 aliphatic heterocycles. The summed E-state index contributed by atoms with van der Waals surface area (Å²) >= 11 is 0. The molecule has 0 radical (unpaired) electrons. The molecule has 0 aliphatic carbocycles. The quantitative estimate of drug-likeness (QED) is 0.718. The van der Waals surface area contributed by atoms with Crippen LogP contribution in [-0.2, 0) is 4.79 Å². The van der Waals surface area contributed by atoms with Gasteiger partial charge in [0.2, 0.25) is 5.91 Å². The molecule has 0 saturated heterocycles. The van der Waals surface area contributed by atoms with E-state index in [1.165, 1.54) is 0 Å².